The van der Waals surface area contributed by atoms with E-state index in [0.29, 0.717) is 47.6 Å². The first-order valence-electron chi connectivity index (χ1n) is 12.1. The number of hydrogen-bond donors (Lipinski definition) is 3. The Kier molecular flexibility index (Phi) is 6.95. The number of anilines is 2. The third-order valence-electron chi connectivity index (χ3n) is 6.75. The van der Waals surface area contributed by atoms with Crippen LogP contribution in [-0.2, 0) is 0 Å². The molecule has 7 nitrogen and oxygen atoms in total. The minimum Gasteiger partial charge on any atom is -0.396 e. The lowest BCUT2D eigenvalue weighted by Crippen LogP contribution is -2.43. The molecular weight excluding hydrogens is 474 g/mol. The number of piperidine rings is 1. The molecule has 9 heteroatoms. The van der Waals surface area contributed by atoms with Gasteiger partial charge in [0, 0.05) is 60.6 Å². The summed E-state index contributed by atoms with van der Waals surface area (Å²) >= 11 is 0. The molecule has 1 fully saturated rings. The Bertz CT molecular complexity index is 1470. The maximum absolute atomic E-state index is 14.2. The van der Waals surface area contributed by atoms with E-state index in [-0.39, 0.29) is 18.3 Å². The van der Waals surface area contributed by atoms with Crippen molar-refractivity contribution in [3.8, 4) is 28.5 Å². The Morgan fingerprint density at radius 2 is 1.81 bits per heavy atom. The normalized spacial score (nSPS) is 14.2. The predicted molar refractivity (Wildman–Crippen MR) is 140 cm³/mol. The second kappa shape index (κ2) is 10.5. The van der Waals surface area contributed by atoms with Gasteiger partial charge in [-0.1, -0.05) is 6.07 Å². The minimum atomic E-state index is -0.660. The molecule has 0 spiro atoms. The minimum absolute atomic E-state index is 0.0808. The van der Waals surface area contributed by atoms with Gasteiger partial charge < -0.3 is 21.1 Å². The third kappa shape index (κ3) is 4.94. The summed E-state index contributed by atoms with van der Waals surface area (Å²) in [4.78, 5) is 11.2. The van der Waals surface area contributed by atoms with Crippen molar-refractivity contribution in [3.63, 3.8) is 0 Å². The zero-order valence-corrected chi connectivity index (χ0v) is 20.1. The van der Waals surface area contributed by atoms with Crippen molar-refractivity contribution in [2.24, 2.45) is 0 Å². The van der Waals surface area contributed by atoms with Crippen LogP contribution in [0.15, 0.2) is 54.9 Å². The first-order valence-corrected chi connectivity index (χ1v) is 12.1. The van der Waals surface area contributed by atoms with Gasteiger partial charge in [0.2, 0.25) is 0 Å². The lowest BCUT2D eigenvalue weighted by Gasteiger charge is -2.36. The summed E-state index contributed by atoms with van der Waals surface area (Å²) in [6.07, 6.45) is 4.90. The number of aliphatic hydroxyl groups is 1. The summed E-state index contributed by atoms with van der Waals surface area (Å²) in [5, 5.41) is 22.7. The van der Waals surface area contributed by atoms with Gasteiger partial charge in [0.25, 0.3) is 0 Å². The summed E-state index contributed by atoms with van der Waals surface area (Å²) < 4.78 is 28.4. The van der Waals surface area contributed by atoms with E-state index >= 15 is 0 Å². The van der Waals surface area contributed by atoms with Crippen molar-refractivity contribution in [1.29, 1.82) is 5.26 Å². The fourth-order valence-electron chi connectivity index (χ4n) is 4.96. The second-order valence-electron chi connectivity index (χ2n) is 9.08. The Hall–Kier alpha value is -4.13. The number of pyridine rings is 2. The first kappa shape index (κ1) is 24.6. The van der Waals surface area contributed by atoms with Crippen LogP contribution in [0.5, 0.6) is 0 Å². The van der Waals surface area contributed by atoms with Gasteiger partial charge in [-0.15, -0.1) is 0 Å². The van der Waals surface area contributed by atoms with Gasteiger partial charge in [-0.2, -0.15) is 5.26 Å². The maximum Gasteiger partial charge on any atom is 0.126 e. The SMILES string of the molecule is N#Cc1ccnc(-c2ccc3ncc(-c4cc(F)cc(F)c4)c(N4CCC(NCCO)CC4)c3c2)c1N. The fraction of sp³-hybridized carbons (Fsp3) is 0.250. The Labute approximate surface area is 213 Å². The third-order valence-corrected chi connectivity index (χ3v) is 6.75. The highest BCUT2D eigenvalue weighted by Crippen LogP contribution is 2.40. The number of aliphatic hydroxyl groups excluding tert-OH is 1. The second-order valence-corrected chi connectivity index (χ2v) is 9.08. The monoisotopic (exact) mass is 500 g/mol. The maximum atomic E-state index is 14.2. The molecule has 2 aromatic carbocycles. The Morgan fingerprint density at radius 1 is 1.05 bits per heavy atom. The van der Waals surface area contributed by atoms with Crippen LogP contribution in [0.4, 0.5) is 20.2 Å². The lowest BCUT2D eigenvalue weighted by molar-refractivity contribution is 0.277. The van der Waals surface area contributed by atoms with Gasteiger partial charge in [-0.25, -0.2) is 8.78 Å². The van der Waals surface area contributed by atoms with Crippen LogP contribution in [0.1, 0.15) is 18.4 Å². The molecule has 3 heterocycles. The van der Waals surface area contributed by atoms with Crippen LogP contribution < -0.4 is 16.0 Å². The van der Waals surface area contributed by atoms with Crippen molar-refractivity contribution in [2.75, 3.05) is 36.9 Å². The number of nitrogen functional groups attached to an aromatic ring is 1. The summed E-state index contributed by atoms with van der Waals surface area (Å²) in [5.74, 6) is -1.32. The van der Waals surface area contributed by atoms with Crippen molar-refractivity contribution in [2.45, 2.75) is 18.9 Å². The van der Waals surface area contributed by atoms with Gasteiger partial charge in [0.1, 0.15) is 17.7 Å². The highest BCUT2D eigenvalue weighted by Gasteiger charge is 2.24. The van der Waals surface area contributed by atoms with E-state index in [0.717, 1.165) is 35.5 Å². The first-order chi connectivity index (χ1) is 18.0. The van der Waals surface area contributed by atoms with Gasteiger partial charge in [0.05, 0.1) is 34.8 Å². The molecule has 0 atom stereocenters. The molecule has 0 saturated carbocycles. The standard InChI is InChI=1S/C28H26F2N6O/c29-20-11-19(12-21(30)14-20)24-16-35-25-2-1-17(27-26(32)18(15-31)3-6-34-27)13-23(25)28(24)36-8-4-22(5-9-36)33-7-10-37/h1-3,6,11-14,16,22,33,37H,4-5,7-10,32H2. The van der Waals surface area contributed by atoms with Gasteiger partial charge >= 0.3 is 0 Å². The highest BCUT2D eigenvalue weighted by molar-refractivity contribution is 6.02. The average molecular weight is 501 g/mol. The van der Waals surface area contributed by atoms with E-state index in [1.54, 1.807) is 18.5 Å². The molecule has 1 aliphatic heterocycles. The fourth-order valence-corrected chi connectivity index (χ4v) is 4.96. The van der Waals surface area contributed by atoms with E-state index in [2.05, 4.69) is 26.3 Å². The van der Waals surface area contributed by atoms with Crippen LogP contribution >= 0.6 is 0 Å². The van der Waals surface area contributed by atoms with Crippen molar-refractivity contribution in [3.05, 3.63) is 72.1 Å². The number of nitrogens with one attached hydrogen (secondary N) is 1. The number of nitrogens with two attached hydrogens (primary N) is 1. The number of benzene rings is 2. The lowest BCUT2D eigenvalue weighted by atomic mass is 9.96. The Morgan fingerprint density at radius 3 is 2.51 bits per heavy atom. The summed E-state index contributed by atoms with van der Waals surface area (Å²) in [6, 6.07) is 13.0. The van der Waals surface area contributed by atoms with Crippen LogP contribution in [0.3, 0.4) is 0 Å². The number of nitrogens with zero attached hydrogens (tertiary/aromatic N) is 4. The zero-order valence-electron chi connectivity index (χ0n) is 20.1. The van der Waals surface area contributed by atoms with E-state index < -0.39 is 11.6 Å². The molecule has 2 aromatic heterocycles. The Balaban J connectivity index is 1.67. The molecule has 4 aromatic rings. The molecule has 0 amide bonds. The molecule has 0 aliphatic carbocycles. The largest absolute Gasteiger partial charge is 0.396 e. The number of fused-ring (bicyclic) bond motifs is 1. The molecule has 4 N–H and O–H groups in total. The molecule has 1 aliphatic rings. The van der Waals surface area contributed by atoms with Crippen LogP contribution in [0, 0.1) is 23.0 Å². The highest BCUT2D eigenvalue weighted by atomic mass is 19.1. The number of halogens is 2. The quantitative estimate of drug-likeness (QED) is 0.363. The molecule has 188 valence electrons. The van der Waals surface area contributed by atoms with Gasteiger partial charge in [0.15, 0.2) is 0 Å². The van der Waals surface area contributed by atoms with Crippen molar-refractivity contribution in [1.82, 2.24) is 15.3 Å². The van der Waals surface area contributed by atoms with E-state index in [4.69, 9.17) is 10.8 Å². The van der Waals surface area contributed by atoms with Gasteiger partial charge in [-0.3, -0.25) is 9.97 Å². The molecule has 0 bridgehead atoms. The topological polar surface area (TPSA) is 111 Å². The van der Waals surface area contributed by atoms with Crippen molar-refractivity contribution < 1.29 is 13.9 Å². The van der Waals surface area contributed by atoms with Crippen molar-refractivity contribution >= 4 is 22.3 Å². The number of rotatable bonds is 6. The number of aromatic nitrogens is 2. The van der Waals surface area contributed by atoms with Crippen LogP contribution in [-0.4, -0.2) is 47.4 Å². The molecule has 0 unspecified atom stereocenters. The molecule has 5 rings (SSSR count). The zero-order chi connectivity index (χ0) is 25.9. The number of hydrogen-bond acceptors (Lipinski definition) is 7. The van der Waals surface area contributed by atoms with Crippen LogP contribution in [0.25, 0.3) is 33.3 Å². The molecular formula is C28H26F2N6O. The molecule has 0 radical (unpaired) electrons. The van der Waals surface area contributed by atoms with Crippen LogP contribution in [0.2, 0.25) is 0 Å². The summed E-state index contributed by atoms with van der Waals surface area (Å²) in [6.45, 7) is 2.04. The molecule has 37 heavy (non-hydrogen) atoms. The summed E-state index contributed by atoms with van der Waals surface area (Å²) in [5.41, 5.74) is 10.6. The predicted octanol–water partition coefficient (Wildman–Crippen LogP) is 4.25. The molecule has 1 saturated heterocycles. The van der Waals surface area contributed by atoms with E-state index in [1.807, 2.05) is 18.2 Å². The van der Waals surface area contributed by atoms with Gasteiger partial charge in [-0.05, 0) is 48.7 Å². The average Bonchev–Trinajstić information content (AvgIpc) is 2.91. The van der Waals surface area contributed by atoms with E-state index in [1.165, 1.54) is 12.1 Å². The summed E-state index contributed by atoms with van der Waals surface area (Å²) in [7, 11) is 0. The smallest absolute Gasteiger partial charge is 0.126 e. The number of nitriles is 1. The van der Waals surface area contributed by atoms with E-state index in [9.17, 15) is 14.0 Å².